The highest BCUT2D eigenvalue weighted by Gasteiger charge is 2.09. The molecule has 0 unspecified atom stereocenters. The van der Waals surface area contributed by atoms with Gasteiger partial charge in [-0.25, -0.2) is 0 Å². The Kier molecular flexibility index (Phi) is 3.53. The molecular formula is C15H13NO2. The van der Waals surface area contributed by atoms with Crippen LogP contribution >= 0.6 is 0 Å². The van der Waals surface area contributed by atoms with Gasteiger partial charge in [0.2, 0.25) is 0 Å². The minimum atomic E-state index is -0.374. The first kappa shape index (κ1) is 12.0. The zero-order chi connectivity index (χ0) is 13.0. The van der Waals surface area contributed by atoms with Crippen LogP contribution in [0.4, 0.5) is 5.69 Å². The van der Waals surface area contributed by atoms with E-state index < -0.39 is 0 Å². The molecule has 0 atom stereocenters. The van der Waals surface area contributed by atoms with E-state index in [-0.39, 0.29) is 10.6 Å². The van der Waals surface area contributed by atoms with Gasteiger partial charge in [0.15, 0.2) is 0 Å². The molecule has 0 amide bonds. The van der Waals surface area contributed by atoms with Gasteiger partial charge in [0.05, 0.1) is 4.92 Å². The van der Waals surface area contributed by atoms with Crippen molar-refractivity contribution in [3.05, 3.63) is 81.9 Å². The molecule has 0 aliphatic heterocycles. The van der Waals surface area contributed by atoms with Crippen LogP contribution in [-0.4, -0.2) is 4.92 Å². The lowest BCUT2D eigenvalue weighted by molar-refractivity contribution is -0.384. The van der Waals surface area contributed by atoms with Crippen LogP contribution in [0, 0.1) is 10.1 Å². The minimum Gasteiger partial charge on any atom is -0.258 e. The number of nitrogens with zero attached hydrogens (tertiary/aromatic N) is 1. The van der Waals surface area contributed by atoms with Crippen molar-refractivity contribution in [1.82, 2.24) is 0 Å². The third kappa shape index (κ3) is 2.63. The van der Waals surface area contributed by atoms with Crippen LogP contribution in [0.3, 0.4) is 0 Å². The first-order chi connectivity index (χ1) is 8.70. The summed E-state index contributed by atoms with van der Waals surface area (Å²) < 4.78 is 0. The third-order valence-electron chi connectivity index (χ3n) is 2.79. The standard InChI is InChI=1S/C15H13NO2/c1-2-13-8-9-15(16(17)18)11-14(13)10-12-6-4-3-5-7-12/h2-9,11H,1,10H2. The molecule has 0 heterocycles. The Balaban J connectivity index is 2.38. The summed E-state index contributed by atoms with van der Waals surface area (Å²) in [4.78, 5) is 10.4. The summed E-state index contributed by atoms with van der Waals surface area (Å²) >= 11 is 0. The van der Waals surface area contributed by atoms with Gasteiger partial charge in [-0.1, -0.05) is 43.0 Å². The van der Waals surface area contributed by atoms with Gasteiger partial charge in [0, 0.05) is 12.1 Å². The maximum absolute atomic E-state index is 10.8. The molecule has 0 saturated heterocycles. The molecule has 0 radical (unpaired) electrons. The molecule has 18 heavy (non-hydrogen) atoms. The summed E-state index contributed by atoms with van der Waals surface area (Å²) in [5, 5.41) is 10.8. The first-order valence-electron chi connectivity index (χ1n) is 5.64. The quantitative estimate of drug-likeness (QED) is 0.601. The number of hydrogen-bond acceptors (Lipinski definition) is 2. The SMILES string of the molecule is C=Cc1ccc([N+](=O)[O-])cc1Cc1ccccc1. The highest BCUT2D eigenvalue weighted by Crippen LogP contribution is 2.21. The van der Waals surface area contributed by atoms with E-state index in [1.165, 1.54) is 6.07 Å². The zero-order valence-electron chi connectivity index (χ0n) is 9.87. The maximum atomic E-state index is 10.8. The Bertz CT molecular complexity index is 576. The molecule has 3 nitrogen and oxygen atoms in total. The van der Waals surface area contributed by atoms with Crippen LogP contribution in [0.5, 0.6) is 0 Å². The average molecular weight is 239 g/mol. The van der Waals surface area contributed by atoms with Crippen molar-refractivity contribution >= 4 is 11.8 Å². The third-order valence-corrected chi connectivity index (χ3v) is 2.79. The fourth-order valence-electron chi connectivity index (χ4n) is 1.87. The minimum absolute atomic E-state index is 0.117. The second kappa shape index (κ2) is 5.27. The topological polar surface area (TPSA) is 43.1 Å². The van der Waals surface area contributed by atoms with Crippen LogP contribution in [0.15, 0.2) is 55.1 Å². The molecule has 90 valence electrons. The molecule has 2 aromatic carbocycles. The molecule has 0 saturated carbocycles. The normalized spacial score (nSPS) is 10.0. The van der Waals surface area contributed by atoms with E-state index >= 15 is 0 Å². The van der Waals surface area contributed by atoms with Gasteiger partial charge in [0.1, 0.15) is 0 Å². The Morgan fingerprint density at radius 1 is 1.17 bits per heavy atom. The van der Waals surface area contributed by atoms with E-state index in [1.54, 1.807) is 18.2 Å². The smallest absolute Gasteiger partial charge is 0.258 e. The van der Waals surface area contributed by atoms with Gasteiger partial charge in [-0.2, -0.15) is 0 Å². The summed E-state index contributed by atoms with van der Waals surface area (Å²) in [6, 6.07) is 14.7. The molecule has 0 N–H and O–H groups in total. The van der Waals surface area contributed by atoms with E-state index in [1.807, 2.05) is 30.3 Å². The van der Waals surface area contributed by atoms with Crippen LogP contribution in [0.25, 0.3) is 6.08 Å². The van der Waals surface area contributed by atoms with E-state index in [9.17, 15) is 10.1 Å². The van der Waals surface area contributed by atoms with Gasteiger partial charge in [-0.05, 0) is 29.2 Å². The lowest BCUT2D eigenvalue weighted by atomic mass is 9.99. The van der Waals surface area contributed by atoms with E-state index in [0.29, 0.717) is 6.42 Å². The van der Waals surface area contributed by atoms with Crippen molar-refractivity contribution in [2.75, 3.05) is 0 Å². The summed E-state index contributed by atoms with van der Waals surface area (Å²) in [5.41, 5.74) is 3.10. The van der Waals surface area contributed by atoms with Crippen LogP contribution in [0.1, 0.15) is 16.7 Å². The molecule has 0 bridgehead atoms. The Labute approximate surface area is 106 Å². The van der Waals surface area contributed by atoms with Crippen molar-refractivity contribution in [3.8, 4) is 0 Å². The average Bonchev–Trinajstić information content (AvgIpc) is 2.39. The second-order valence-electron chi connectivity index (χ2n) is 4.01. The first-order valence-corrected chi connectivity index (χ1v) is 5.64. The largest absolute Gasteiger partial charge is 0.269 e. The molecule has 0 spiro atoms. The predicted molar refractivity (Wildman–Crippen MR) is 72.4 cm³/mol. The van der Waals surface area contributed by atoms with Crippen molar-refractivity contribution in [2.45, 2.75) is 6.42 Å². The maximum Gasteiger partial charge on any atom is 0.269 e. The fraction of sp³-hybridized carbons (Fsp3) is 0.0667. The summed E-state index contributed by atoms with van der Waals surface area (Å²) in [6.07, 6.45) is 2.39. The van der Waals surface area contributed by atoms with E-state index in [0.717, 1.165) is 16.7 Å². The van der Waals surface area contributed by atoms with Crippen molar-refractivity contribution < 1.29 is 4.92 Å². The lowest BCUT2D eigenvalue weighted by Crippen LogP contribution is -1.95. The van der Waals surface area contributed by atoms with E-state index in [2.05, 4.69) is 6.58 Å². The zero-order valence-corrected chi connectivity index (χ0v) is 9.87. The van der Waals surface area contributed by atoms with Crippen molar-refractivity contribution in [3.63, 3.8) is 0 Å². The van der Waals surface area contributed by atoms with Gasteiger partial charge in [-0.15, -0.1) is 0 Å². The Morgan fingerprint density at radius 2 is 1.89 bits per heavy atom. The number of benzene rings is 2. The van der Waals surface area contributed by atoms with Gasteiger partial charge in [-0.3, -0.25) is 10.1 Å². The molecule has 2 aromatic rings. The summed E-state index contributed by atoms with van der Waals surface area (Å²) in [6.45, 7) is 3.74. The number of nitro groups is 1. The van der Waals surface area contributed by atoms with Gasteiger partial charge in [0.25, 0.3) is 5.69 Å². The monoisotopic (exact) mass is 239 g/mol. The lowest BCUT2D eigenvalue weighted by Gasteiger charge is -2.06. The van der Waals surface area contributed by atoms with Crippen LogP contribution in [0.2, 0.25) is 0 Å². The number of rotatable bonds is 4. The van der Waals surface area contributed by atoms with Crippen LogP contribution in [-0.2, 0) is 6.42 Å². The summed E-state index contributed by atoms with van der Waals surface area (Å²) in [7, 11) is 0. The van der Waals surface area contributed by atoms with Crippen molar-refractivity contribution in [1.29, 1.82) is 0 Å². The number of nitro benzene ring substituents is 1. The Morgan fingerprint density at radius 3 is 2.50 bits per heavy atom. The van der Waals surface area contributed by atoms with Crippen LogP contribution < -0.4 is 0 Å². The van der Waals surface area contributed by atoms with Gasteiger partial charge >= 0.3 is 0 Å². The second-order valence-corrected chi connectivity index (χ2v) is 4.01. The Hall–Kier alpha value is -2.42. The molecule has 0 aliphatic rings. The molecule has 3 heteroatoms. The predicted octanol–water partition coefficient (Wildman–Crippen LogP) is 3.83. The van der Waals surface area contributed by atoms with Crippen molar-refractivity contribution in [2.24, 2.45) is 0 Å². The number of hydrogen-bond donors (Lipinski definition) is 0. The molecule has 0 fully saturated rings. The van der Waals surface area contributed by atoms with Gasteiger partial charge < -0.3 is 0 Å². The highest BCUT2D eigenvalue weighted by molar-refractivity contribution is 5.56. The fourth-order valence-corrected chi connectivity index (χ4v) is 1.87. The molecule has 0 aliphatic carbocycles. The molecule has 0 aromatic heterocycles. The molecule has 2 rings (SSSR count). The number of non-ortho nitro benzene ring substituents is 1. The highest BCUT2D eigenvalue weighted by atomic mass is 16.6. The van der Waals surface area contributed by atoms with E-state index in [4.69, 9.17) is 0 Å². The molecular weight excluding hydrogens is 226 g/mol. The summed E-state index contributed by atoms with van der Waals surface area (Å²) in [5.74, 6) is 0.